The predicted octanol–water partition coefficient (Wildman–Crippen LogP) is 4.61. The number of carbonyl (C=O) groups is 2. The van der Waals surface area contributed by atoms with Crippen molar-refractivity contribution in [2.45, 2.75) is 37.0 Å². The maximum absolute atomic E-state index is 12.9. The minimum Gasteiger partial charge on any atom is -0.461 e. The highest BCUT2D eigenvalue weighted by molar-refractivity contribution is 9.11. The van der Waals surface area contributed by atoms with Gasteiger partial charge in [-0.2, -0.15) is 0 Å². The summed E-state index contributed by atoms with van der Waals surface area (Å²) in [5.74, 6) is -0.989. The summed E-state index contributed by atoms with van der Waals surface area (Å²) in [6.07, 6.45) is 2.65. The van der Waals surface area contributed by atoms with Gasteiger partial charge in [0.25, 0.3) is 5.56 Å². The van der Waals surface area contributed by atoms with Gasteiger partial charge in [0.15, 0.2) is 0 Å². The Labute approximate surface area is 225 Å². The van der Waals surface area contributed by atoms with Crippen molar-refractivity contribution in [3.8, 4) is 0 Å². The van der Waals surface area contributed by atoms with Crippen LogP contribution in [0.2, 0.25) is 0 Å². The molecule has 1 fully saturated rings. The van der Waals surface area contributed by atoms with Crippen LogP contribution in [0.4, 0.5) is 0 Å². The lowest BCUT2D eigenvalue weighted by molar-refractivity contribution is 0.0204. The van der Waals surface area contributed by atoms with Crippen LogP contribution in [0.5, 0.6) is 0 Å². The van der Waals surface area contributed by atoms with E-state index in [-0.39, 0.29) is 6.61 Å². The van der Waals surface area contributed by atoms with Crippen molar-refractivity contribution < 1.29 is 19.1 Å². The Balaban J connectivity index is 1.56. The lowest BCUT2D eigenvalue weighted by Gasteiger charge is -2.19. The number of ether oxygens (including phenoxy) is 2. The Morgan fingerprint density at radius 2 is 1.62 bits per heavy atom. The first kappa shape index (κ1) is 26.7. The van der Waals surface area contributed by atoms with Crippen LogP contribution in [0.1, 0.15) is 49.2 Å². The number of aromatic nitrogens is 2. The monoisotopic (exact) mass is 584 g/mol. The molecule has 2 aromatic carbocycles. The van der Waals surface area contributed by atoms with Gasteiger partial charge in [-0.1, -0.05) is 51.3 Å². The molecule has 37 heavy (non-hydrogen) atoms. The van der Waals surface area contributed by atoms with Gasteiger partial charge in [0.1, 0.15) is 12.7 Å². The molecule has 1 aliphatic heterocycles. The number of H-pyrrole nitrogens is 1. The van der Waals surface area contributed by atoms with E-state index in [0.29, 0.717) is 23.1 Å². The molecule has 0 amide bonds. The molecule has 3 aromatic rings. The van der Waals surface area contributed by atoms with Crippen LogP contribution in [0.25, 0.3) is 6.08 Å². The molecule has 8 nitrogen and oxygen atoms in total. The normalized spacial score (nSPS) is 19.2. The van der Waals surface area contributed by atoms with Crippen molar-refractivity contribution in [2.24, 2.45) is 0 Å². The number of aromatic amines is 1. The van der Waals surface area contributed by atoms with E-state index in [4.69, 9.17) is 9.47 Å². The molecular formula is C27H25BrN2O6S. The Hall–Kier alpha value is -3.37. The minimum atomic E-state index is -0.636. The van der Waals surface area contributed by atoms with Gasteiger partial charge in [-0.3, -0.25) is 14.3 Å². The second-order valence-corrected chi connectivity index (χ2v) is 10.6. The van der Waals surface area contributed by atoms with Crippen LogP contribution in [-0.4, -0.2) is 39.5 Å². The predicted molar refractivity (Wildman–Crippen MR) is 146 cm³/mol. The van der Waals surface area contributed by atoms with Crippen molar-refractivity contribution in [3.63, 3.8) is 0 Å². The van der Waals surface area contributed by atoms with Gasteiger partial charge < -0.3 is 9.47 Å². The van der Waals surface area contributed by atoms with Gasteiger partial charge in [0.2, 0.25) is 0 Å². The number of nitrogens with zero attached hydrogens (tertiary/aromatic N) is 1. The summed E-state index contributed by atoms with van der Waals surface area (Å²) in [5.41, 5.74) is 2.07. The third kappa shape index (κ3) is 6.50. The molecule has 0 unspecified atom stereocenters. The number of thioether (sulfide) groups is 1. The summed E-state index contributed by atoms with van der Waals surface area (Å²) < 4.78 is 12.8. The molecule has 0 radical (unpaired) electrons. The zero-order valence-electron chi connectivity index (χ0n) is 20.2. The van der Waals surface area contributed by atoms with E-state index >= 15 is 0 Å². The van der Waals surface area contributed by atoms with Crippen LogP contribution in [0.3, 0.4) is 0 Å². The lowest BCUT2D eigenvalue weighted by atomic mass is 10.1. The van der Waals surface area contributed by atoms with Crippen molar-refractivity contribution >= 4 is 45.7 Å². The van der Waals surface area contributed by atoms with E-state index < -0.39 is 39.9 Å². The van der Waals surface area contributed by atoms with Crippen LogP contribution >= 0.6 is 27.7 Å². The highest BCUT2D eigenvalue weighted by Crippen LogP contribution is 2.43. The largest absolute Gasteiger partial charge is 0.461 e. The van der Waals surface area contributed by atoms with Crippen molar-refractivity contribution in [1.29, 1.82) is 0 Å². The van der Waals surface area contributed by atoms with E-state index in [9.17, 15) is 19.2 Å². The third-order valence-electron chi connectivity index (χ3n) is 5.94. The Morgan fingerprint density at radius 3 is 2.22 bits per heavy atom. The van der Waals surface area contributed by atoms with Gasteiger partial charge in [-0.05, 0) is 49.2 Å². The van der Waals surface area contributed by atoms with Crippen LogP contribution in [-0.2, 0) is 9.47 Å². The third-order valence-corrected chi connectivity index (χ3v) is 7.73. The number of aryl methyl sites for hydroxylation is 2. The first-order valence-electron chi connectivity index (χ1n) is 11.5. The van der Waals surface area contributed by atoms with Crippen molar-refractivity contribution in [1.82, 2.24) is 9.55 Å². The second kappa shape index (κ2) is 11.8. The molecule has 1 saturated heterocycles. The summed E-state index contributed by atoms with van der Waals surface area (Å²) in [6, 6.07) is 14.1. The SMILES string of the molecule is Cc1ccc(C(=O)OC[C@H]2S[C@@H](n3cc(/C=C/Br)c(=O)[nH]c3=O)C[C@@H]2OC(=O)c2ccc(C)cc2)cc1. The van der Waals surface area contributed by atoms with Crippen molar-refractivity contribution in [2.75, 3.05) is 6.61 Å². The average Bonchev–Trinajstić information content (AvgIpc) is 3.27. The second-order valence-electron chi connectivity index (χ2n) is 8.68. The van der Waals surface area contributed by atoms with E-state index in [0.717, 1.165) is 11.1 Å². The van der Waals surface area contributed by atoms with E-state index in [1.807, 2.05) is 38.1 Å². The molecule has 0 spiro atoms. The highest BCUT2D eigenvalue weighted by atomic mass is 79.9. The molecule has 4 rings (SSSR count). The van der Waals surface area contributed by atoms with E-state index in [1.54, 1.807) is 24.3 Å². The van der Waals surface area contributed by atoms with E-state index in [1.165, 1.54) is 33.6 Å². The van der Waals surface area contributed by atoms with Crippen LogP contribution in [0.15, 0.2) is 69.3 Å². The summed E-state index contributed by atoms with van der Waals surface area (Å²) in [7, 11) is 0. The Morgan fingerprint density at radius 1 is 1.03 bits per heavy atom. The smallest absolute Gasteiger partial charge is 0.338 e. The fraction of sp³-hybridized carbons (Fsp3) is 0.259. The fourth-order valence-corrected chi connectivity index (χ4v) is 5.64. The maximum atomic E-state index is 12.9. The number of carbonyl (C=O) groups excluding carboxylic acids is 2. The molecule has 2 heterocycles. The number of nitrogens with one attached hydrogen (secondary N) is 1. The quantitative estimate of drug-likeness (QED) is 0.404. The number of esters is 2. The minimum absolute atomic E-state index is 0.0218. The fourth-order valence-electron chi connectivity index (χ4n) is 3.87. The van der Waals surface area contributed by atoms with Gasteiger partial charge in [0, 0.05) is 12.6 Å². The summed E-state index contributed by atoms with van der Waals surface area (Å²) in [5, 5.41) is -0.881. The van der Waals surface area contributed by atoms with Crippen LogP contribution < -0.4 is 11.2 Å². The van der Waals surface area contributed by atoms with Crippen molar-refractivity contribution in [3.05, 3.63) is 108 Å². The molecule has 1 aliphatic rings. The average molecular weight is 585 g/mol. The number of benzene rings is 2. The first-order valence-corrected chi connectivity index (χ1v) is 13.4. The van der Waals surface area contributed by atoms with Gasteiger partial charge >= 0.3 is 17.6 Å². The standard InChI is InChI=1S/C27H25BrN2O6S/c1-16-3-7-18(8-4-16)25(32)35-15-22-21(36-26(33)19-9-5-17(2)6-10-19)13-23(37-22)30-14-20(11-12-28)24(31)29-27(30)34/h3-12,14,21-23H,13,15H2,1-2H3,(H,29,31,34)/b12-11+/t21-,22+,23+/m0/s1. The highest BCUT2D eigenvalue weighted by Gasteiger charge is 2.40. The molecule has 0 saturated carbocycles. The molecule has 1 aromatic heterocycles. The molecule has 10 heteroatoms. The molecule has 0 bridgehead atoms. The Bertz CT molecular complexity index is 1430. The number of hydrogen-bond acceptors (Lipinski definition) is 7. The summed E-state index contributed by atoms with van der Waals surface area (Å²) in [6.45, 7) is 3.83. The molecule has 1 N–H and O–H groups in total. The summed E-state index contributed by atoms with van der Waals surface area (Å²) in [4.78, 5) is 54.1. The molecule has 0 aliphatic carbocycles. The number of rotatable bonds is 7. The molecular weight excluding hydrogens is 560 g/mol. The number of hydrogen-bond donors (Lipinski definition) is 1. The first-order chi connectivity index (χ1) is 17.7. The zero-order chi connectivity index (χ0) is 26.5. The Kier molecular flexibility index (Phi) is 8.50. The molecule has 192 valence electrons. The van der Waals surface area contributed by atoms with E-state index in [2.05, 4.69) is 20.9 Å². The molecule has 3 atom stereocenters. The van der Waals surface area contributed by atoms with Gasteiger partial charge in [0.05, 0.1) is 27.3 Å². The maximum Gasteiger partial charge on any atom is 0.338 e. The summed E-state index contributed by atoms with van der Waals surface area (Å²) >= 11 is 4.49. The zero-order valence-corrected chi connectivity index (χ0v) is 22.6. The number of halogens is 1. The topological polar surface area (TPSA) is 107 Å². The van der Waals surface area contributed by atoms with Gasteiger partial charge in [-0.15, -0.1) is 11.8 Å². The van der Waals surface area contributed by atoms with Crippen LogP contribution in [0, 0.1) is 13.8 Å². The van der Waals surface area contributed by atoms with Gasteiger partial charge in [-0.25, -0.2) is 14.4 Å². The lowest BCUT2D eigenvalue weighted by Crippen LogP contribution is -2.32.